The number of benzene rings is 4. The molecule has 7 rings (SSSR count). The van der Waals surface area contributed by atoms with Crippen molar-refractivity contribution in [2.75, 3.05) is 5.32 Å². The van der Waals surface area contributed by atoms with Crippen molar-refractivity contribution in [1.29, 1.82) is 0 Å². The maximum Gasteiger partial charge on any atom is 0.335 e. The van der Waals surface area contributed by atoms with Gasteiger partial charge in [0.2, 0.25) is 0 Å². The first kappa shape index (κ1) is 26.7. The molecule has 8 heteroatoms. The molecule has 2 aromatic heterocycles. The molecule has 4 aromatic carbocycles. The maximum atomic E-state index is 14.0. The molecule has 43 heavy (non-hydrogen) atoms. The fourth-order valence-corrected chi connectivity index (χ4v) is 5.84. The molecule has 0 unspecified atom stereocenters. The number of carbonyl (C=O) groups is 2. The number of carboxylic acids is 1. The molecule has 1 amide bonds. The molecule has 0 bridgehead atoms. The highest BCUT2D eigenvalue weighted by atomic mass is 35.5. The monoisotopic (exact) mass is 586 g/mol. The van der Waals surface area contributed by atoms with Crippen LogP contribution in [0.25, 0.3) is 21.8 Å². The van der Waals surface area contributed by atoms with Gasteiger partial charge in [-0.3, -0.25) is 9.78 Å². The Morgan fingerprint density at radius 3 is 2.44 bits per heavy atom. The molecule has 3 N–H and O–H groups in total. The summed E-state index contributed by atoms with van der Waals surface area (Å²) in [6.45, 7) is 0.471. The highest BCUT2D eigenvalue weighted by Gasteiger charge is 2.46. The molecule has 0 spiro atoms. The number of halogens is 1. The fraction of sp³-hybridized carbons (Fsp3) is 0.114. The van der Waals surface area contributed by atoms with Crippen molar-refractivity contribution in [2.24, 2.45) is 0 Å². The zero-order valence-electron chi connectivity index (χ0n) is 23.0. The second kappa shape index (κ2) is 10.6. The van der Waals surface area contributed by atoms with Gasteiger partial charge >= 0.3 is 5.97 Å². The van der Waals surface area contributed by atoms with Gasteiger partial charge in [0.25, 0.3) is 5.91 Å². The third kappa shape index (κ3) is 5.19. The number of carbonyl (C=O) groups excluding carboxylic acids is 1. The summed E-state index contributed by atoms with van der Waals surface area (Å²) in [6.07, 6.45) is 3.56. The largest absolute Gasteiger partial charge is 0.478 e. The van der Waals surface area contributed by atoms with Crippen molar-refractivity contribution in [3.05, 3.63) is 137 Å². The summed E-state index contributed by atoms with van der Waals surface area (Å²) in [5.74, 6) is -1.16. The SMILES string of the molecule is O=C(O)c1ccc(C2(NC(=O)c3ccc(Nc4ccccc4)c4ccn(Cc5ccc6cc(Cl)ccc6n5)c34)CC2)cc1. The smallest absolute Gasteiger partial charge is 0.335 e. The van der Waals surface area contributed by atoms with Gasteiger partial charge in [-0.1, -0.05) is 48.0 Å². The minimum absolute atomic E-state index is 0.183. The average Bonchev–Trinajstić information content (AvgIpc) is 3.68. The summed E-state index contributed by atoms with van der Waals surface area (Å²) in [7, 11) is 0. The van der Waals surface area contributed by atoms with E-state index in [2.05, 4.69) is 15.2 Å². The van der Waals surface area contributed by atoms with E-state index in [0.717, 1.165) is 57.3 Å². The molecule has 0 radical (unpaired) electrons. The fourth-order valence-electron chi connectivity index (χ4n) is 5.65. The predicted molar refractivity (Wildman–Crippen MR) is 169 cm³/mol. The average molecular weight is 587 g/mol. The van der Waals surface area contributed by atoms with Crippen molar-refractivity contribution in [1.82, 2.24) is 14.9 Å². The summed E-state index contributed by atoms with van der Waals surface area (Å²) in [5.41, 5.74) is 5.52. The Labute approximate surface area is 252 Å². The second-order valence-corrected chi connectivity index (χ2v) is 11.4. The van der Waals surface area contributed by atoms with Crippen LogP contribution in [0.2, 0.25) is 5.02 Å². The van der Waals surface area contributed by atoms with Crippen LogP contribution in [0.4, 0.5) is 11.4 Å². The molecular formula is C35H27ClN4O3. The van der Waals surface area contributed by atoms with Crippen LogP contribution in [0.15, 0.2) is 109 Å². The van der Waals surface area contributed by atoms with Crippen LogP contribution in [0.5, 0.6) is 0 Å². The maximum absolute atomic E-state index is 14.0. The van der Waals surface area contributed by atoms with Gasteiger partial charge in [0.1, 0.15) is 0 Å². The number of amides is 1. The van der Waals surface area contributed by atoms with Gasteiger partial charge in [0.05, 0.1) is 39.9 Å². The topological polar surface area (TPSA) is 96.3 Å². The molecule has 0 atom stereocenters. The van der Waals surface area contributed by atoms with E-state index >= 15 is 0 Å². The minimum Gasteiger partial charge on any atom is -0.478 e. The van der Waals surface area contributed by atoms with E-state index in [4.69, 9.17) is 16.6 Å². The number of nitrogens with one attached hydrogen (secondary N) is 2. The van der Waals surface area contributed by atoms with E-state index in [1.54, 1.807) is 24.3 Å². The Hall–Kier alpha value is -5.14. The summed E-state index contributed by atoms with van der Waals surface area (Å²) in [5, 5.41) is 18.6. The molecule has 212 valence electrons. The van der Waals surface area contributed by atoms with Gasteiger partial charge < -0.3 is 20.3 Å². The van der Waals surface area contributed by atoms with Gasteiger partial charge in [0.15, 0.2) is 0 Å². The Morgan fingerprint density at radius 2 is 1.70 bits per heavy atom. The number of rotatable bonds is 8. The highest BCUT2D eigenvalue weighted by Crippen LogP contribution is 2.46. The van der Waals surface area contributed by atoms with Crippen LogP contribution in [0.3, 0.4) is 0 Å². The molecule has 0 saturated heterocycles. The lowest BCUT2D eigenvalue weighted by atomic mass is 10.0. The van der Waals surface area contributed by atoms with Crippen LogP contribution < -0.4 is 10.6 Å². The van der Waals surface area contributed by atoms with Crippen LogP contribution in [-0.2, 0) is 12.1 Å². The van der Waals surface area contributed by atoms with Crippen LogP contribution in [0.1, 0.15) is 44.8 Å². The number of aromatic carboxylic acids is 1. The first-order valence-corrected chi connectivity index (χ1v) is 14.4. The van der Waals surface area contributed by atoms with Gasteiger partial charge in [-0.2, -0.15) is 0 Å². The van der Waals surface area contributed by atoms with E-state index in [1.165, 1.54) is 0 Å². The molecule has 1 aliphatic rings. The lowest BCUT2D eigenvalue weighted by Gasteiger charge is -2.20. The summed E-state index contributed by atoms with van der Waals surface area (Å²) in [4.78, 5) is 30.2. The number of fused-ring (bicyclic) bond motifs is 2. The zero-order valence-corrected chi connectivity index (χ0v) is 23.8. The van der Waals surface area contributed by atoms with E-state index in [-0.39, 0.29) is 11.5 Å². The summed E-state index contributed by atoms with van der Waals surface area (Å²) >= 11 is 6.17. The van der Waals surface area contributed by atoms with Crippen LogP contribution in [0, 0.1) is 0 Å². The first-order valence-electron chi connectivity index (χ1n) is 14.0. The van der Waals surface area contributed by atoms with Crippen LogP contribution in [-0.4, -0.2) is 26.5 Å². The lowest BCUT2D eigenvalue weighted by molar-refractivity contribution is 0.0696. The molecule has 2 heterocycles. The Balaban J connectivity index is 1.26. The molecule has 1 aliphatic carbocycles. The molecular weight excluding hydrogens is 560 g/mol. The third-order valence-corrected chi connectivity index (χ3v) is 8.29. The summed E-state index contributed by atoms with van der Waals surface area (Å²) in [6, 6.07) is 32.1. The molecule has 1 saturated carbocycles. The quantitative estimate of drug-likeness (QED) is 0.169. The van der Waals surface area contributed by atoms with Gasteiger partial charge in [-0.25, -0.2) is 4.79 Å². The highest BCUT2D eigenvalue weighted by molar-refractivity contribution is 6.31. The Kier molecular flexibility index (Phi) is 6.59. The predicted octanol–water partition coefficient (Wildman–Crippen LogP) is 7.75. The number of carboxylic acid groups (broad SMARTS) is 1. The number of hydrogen-bond donors (Lipinski definition) is 3. The Morgan fingerprint density at radius 1 is 0.907 bits per heavy atom. The van der Waals surface area contributed by atoms with Crippen molar-refractivity contribution >= 4 is 56.7 Å². The first-order chi connectivity index (χ1) is 20.9. The second-order valence-electron chi connectivity index (χ2n) is 10.9. The van der Waals surface area contributed by atoms with Crippen LogP contribution >= 0.6 is 11.6 Å². The number of nitrogens with zero attached hydrogens (tertiary/aromatic N) is 2. The standard InChI is InChI=1S/C35H27ClN4O3/c36-25-11-14-30-23(20-25)8-12-27(38-30)21-40-19-16-28-31(37-26-4-2-1-3-5-26)15-13-29(32(28)40)33(41)39-35(17-18-35)24-9-6-22(7-10-24)34(42)43/h1-16,19-20,37H,17-18,21H2,(H,39,41)(H,42,43). The normalized spacial score (nSPS) is 13.6. The van der Waals surface area contributed by atoms with Crippen molar-refractivity contribution in [2.45, 2.75) is 24.9 Å². The zero-order chi connectivity index (χ0) is 29.6. The molecule has 1 fully saturated rings. The molecule has 6 aromatic rings. The number of anilines is 2. The molecule has 7 nitrogen and oxygen atoms in total. The van der Waals surface area contributed by atoms with E-state index in [0.29, 0.717) is 17.1 Å². The van der Waals surface area contributed by atoms with Crippen molar-refractivity contribution < 1.29 is 14.7 Å². The lowest BCUT2D eigenvalue weighted by Crippen LogP contribution is -2.35. The van der Waals surface area contributed by atoms with Crippen molar-refractivity contribution in [3.8, 4) is 0 Å². The van der Waals surface area contributed by atoms with E-state index in [9.17, 15) is 14.7 Å². The van der Waals surface area contributed by atoms with Gasteiger partial charge in [-0.15, -0.1) is 0 Å². The number of pyridine rings is 1. The number of hydrogen-bond acceptors (Lipinski definition) is 4. The van der Waals surface area contributed by atoms with Gasteiger partial charge in [0, 0.05) is 33.4 Å². The van der Waals surface area contributed by atoms with E-state index in [1.807, 2.05) is 85.1 Å². The molecule has 0 aliphatic heterocycles. The van der Waals surface area contributed by atoms with E-state index < -0.39 is 11.5 Å². The van der Waals surface area contributed by atoms with Crippen molar-refractivity contribution in [3.63, 3.8) is 0 Å². The number of aromatic nitrogens is 2. The summed E-state index contributed by atoms with van der Waals surface area (Å²) < 4.78 is 2.06. The number of para-hydroxylation sites is 1. The van der Waals surface area contributed by atoms with Gasteiger partial charge in [-0.05, 0) is 85.1 Å². The Bertz CT molecular complexity index is 2020. The third-order valence-electron chi connectivity index (χ3n) is 8.05. The minimum atomic E-state index is -0.975.